The van der Waals surface area contributed by atoms with E-state index in [0.29, 0.717) is 17.6 Å². The molecule has 92 valence electrons. The number of anilines is 1. The number of carbonyl (C=O) groups is 2. The lowest BCUT2D eigenvalue weighted by Crippen LogP contribution is -2.24. The number of aromatic nitrogens is 1. The molecule has 2 rings (SSSR count). The summed E-state index contributed by atoms with van der Waals surface area (Å²) in [6.07, 6.45) is 0.272. The fourth-order valence-electron chi connectivity index (χ4n) is 1.61. The van der Waals surface area contributed by atoms with Crippen molar-refractivity contribution in [2.75, 3.05) is 11.9 Å². The van der Waals surface area contributed by atoms with Crippen LogP contribution in [0.3, 0.4) is 0 Å². The summed E-state index contributed by atoms with van der Waals surface area (Å²) < 4.78 is 0. The summed E-state index contributed by atoms with van der Waals surface area (Å²) in [5, 5.41) is 7.95. The fraction of sp³-hybridized carbons (Fsp3) is 0.545. The molecule has 2 N–H and O–H groups in total. The van der Waals surface area contributed by atoms with Gasteiger partial charge in [-0.05, 0) is 5.92 Å². The summed E-state index contributed by atoms with van der Waals surface area (Å²) in [6, 6.07) is 0. The first-order valence-corrected chi connectivity index (χ1v) is 6.47. The molecule has 5 nitrogen and oxygen atoms in total. The van der Waals surface area contributed by atoms with Crippen molar-refractivity contribution < 1.29 is 9.59 Å². The lowest BCUT2D eigenvalue weighted by molar-refractivity contribution is -0.123. The normalized spacial score (nSPS) is 19.5. The van der Waals surface area contributed by atoms with Gasteiger partial charge in [0, 0.05) is 18.3 Å². The highest BCUT2D eigenvalue weighted by Crippen LogP contribution is 2.22. The molecule has 1 aromatic heterocycles. The average Bonchev–Trinajstić information content (AvgIpc) is 2.86. The number of carbonyl (C=O) groups excluding carboxylic acids is 2. The smallest absolute Gasteiger partial charge is 0.231 e. The van der Waals surface area contributed by atoms with E-state index in [1.165, 1.54) is 11.3 Å². The molecule has 17 heavy (non-hydrogen) atoms. The fourth-order valence-corrected chi connectivity index (χ4v) is 2.48. The Kier molecular flexibility index (Phi) is 3.42. The molecule has 0 aromatic carbocycles. The van der Waals surface area contributed by atoms with Crippen LogP contribution in [-0.2, 0) is 9.59 Å². The van der Waals surface area contributed by atoms with E-state index in [-0.39, 0.29) is 24.2 Å². The maximum Gasteiger partial charge on any atom is 0.231 e. The van der Waals surface area contributed by atoms with Gasteiger partial charge in [0.2, 0.25) is 11.8 Å². The Bertz CT molecular complexity index is 442. The Morgan fingerprint density at radius 3 is 2.94 bits per heavy atom. The van der Waals surface area contributed by atoms with Gasteiger partial charge in [0.15, 0.2) is 5.13 Å². The molecular formula is C11H15N3O2S. The van der Waals surface area contributed by atoms with Crippen LogP contribution in [0.15, 0.2) is 5.38 Å². The lowest BCUT2D eigenvalue weighted by atomic mass is 10.1. The van der Waals surface area contributed by atoms with Crippen molar-refractivity contribution in [3.8, 4) is 0 Å². The standard InChI is InChI=1S/C11H15N3O2S/c1-6(2)8-5-17-11(13-8)14-10(16)7-3-9(15)12-4-7/h5-7H,3-4H2,1-2H3,(H,12,15)(H,13,14,16). The van der Waals surface area contributed by atoms with Crippen LogP contribution in [0.1, 0.15) is 31.9 Å². The molecular weight excluding hydrogens is 238 g/mol. The summed E-state index contributed by atoms with van der Waals surface area (Å²) in [4.78, 5) is 27.1. The Morgan fingerprint density at radius 2 is 2.41 bits per heavy atom. The molecule has 0 aliphatic carbocycles. The summed E-state index contributed by atoms with van der Waals surface area (Å²) >= 11 is 1.42. The van der Waals surface area contributed by atoms with Gasteiger partial charge in [-0.25, -0.2) is 4.98 Å². The highest BCUT2D eigenvalue weighted by atomic mass is 32.1. The van der Waals surface area contributed by atoms with Crippen molar-refractivity contribution in [3.05, 3.63) is 11.1 Å². The van der Waals surface area contributed by atoms with E-state index in [4.69, 9.17) is 0 Å². The average molecular weight is 253 g/mol. The van der Waals surface area contributed by atoms with Gasteiger partial charge < -0.3 is 10.6 Å². The van der Waals surface area contributed by atoms with Crippen molar-refractivity contribution in [2.45, 2.75) is 26.2 Å². The van der Waals surface area contributed by atoms with Crippen molar-refractivity contribution >= 4 is 28.3 Å². The van der Waals surface area contributed by atoms with E-state index in [9.17, 15) is 9.59 Å². The highest BCUT2D eigenvalue weighted by Gasteiger charge is 2.28. The van der Waals surface area contributed by atoms with Crippen molar-refractivity contribution in [2.24, 2.45) is 5.92 Å². The topological polar surface area (TPSA) is 71.1 Å². The van der Waals surface area contributed by atoms with E-state index in [1.54, 1.807) is 0 Å². The minimum absolute atomic E-state index is 0.0628. The van der Waals surface area contributed by atoms with E-state index in [1.807, 2.05) is 5.38 Å². The molecule has 1 aliphatic heterocycles. The van der Waals surface area contributed by atoms with Gasteiger partial charge in [-0.1, -0.05) is 13.8 Å². The predicted octanol–water partition coefficient (Wildman–Crippen LogP) is 1.34. The number of thiazole rings is 1. The predicted molar refractivity (Wildman–Crippen MR) is 65.9 cm³/mol. The molecule has 1 saturated heterocycles. The Labute approximate surface area is 104 Å². The number of nitrogens with one attached hydrogen (secondary N) is 2. The van der Waals surface area contributed by atoms with Crippen LogP contribution in [0.5, 0.6) is 0 Å². The first kappa shape index (κ1) is 12.0. The van der Waals surface area contributed by atoms with Crippen molar-refractivity contribution in [1.82, 2.24) is 10.3 Å². The second-order valence-electron chi connectivity index (χ2n) is 4.43. The van der Waals surface area contributed by atoms with Crippen LogP contribution >= 0.6 is 11.3 Å². The number of amides is 2. The molecule has 1 atom stereocenters. The maximum absolute atomic E-state index is 11.8. The van der Waals surface area contributed by atoms with Crippen LogP contribution in [0.25, 0.3) is 0 Å². The van der Waals surface area contributed by atoms with Gasteiger partial charge in [0.05, 0.1) is 11.6 Å². The van der Waals surface area contributed by atoms with E-state index in [2.05, 4.69) is 29.5 Å². The molecule has 1 unspecified atom stereocenters. The summed E-state index contributed by atoms with van der Waals surface area (Å²) in [5.41, 5.74) is 0.978. The van der Waals surface area contributed by atoms with Crippen LogP contribution in [0, 0.1) is 5.92 Å². The third-order valence-corrected chi connectivity index (χ3v) is 3.47. The Hall–Kier alpha value is -1.43. The third kappa shape index (κ3) is 2.82. The molecule has 1 fully saturated rings. The molecule has 1 aliphatic rings. The lowest BCUT2D eigenvalue weighted by Gasteiger charge is -2.06. The van der Waals surface area contributed by atoms with Crippen LogP contribution in [-0.4, -0.2) is 23.3 Å². The van der Waals surface area contributed by atoms with Crippen LogP contribution < -0.4 is 10.6 Å². The first-order valence-electron chi connectivity index (χ1n) is 5.59. The SMILES string of the molecule is CC(C)c1csc(NC(=O)C2CNC(=O)C2)n1. The van der Waals surface area contributed by atoms with Crippen LogP contribution in [0.2, 0.25) is 0 Å². The molecule has 0 saturated carbocycles. The zero-order valence-electron chi connectivity index (χ0n) is 9.82. The van der Waals surface area contributed by atoms with Gasteiger partial charge >= 0.3 is 0 Å². The third-order valence-electron chi connectivity index (χ3n) is 2.69. The largest absolute Gasteiger partial charge is 0.355 e. The zero-order valence-corrected chi connectivity index (χ0v) is 10.6. The maximum atomic E-state index is 11.8. The van der Waals surface area contributed by atoms with Gasteiger partial charge in [0.1, 0.15) is 0 Å². The van der Waals surface area contributed by atoms with Gasteiger partial charge in [-0.2, -0.15) is 0 Å². The van der Waals surface area contributed by atoms with Crippen molar-refractivity contribution in [3.63, 3.8) is 0 Å². The first-order chi connectivity index (χ1) is 8.06. The van der Waals surface area contributed by atoms with E-state index < -0.39 is 0 Å². The Morgan fingerprint density at radius 1 is 1.65 bits per heavy atom. The molecule has 1 aromatic rings. The van der Waals surface area contributed by atoms with Gasteiger partial charge in [0.25, 0.3) is 0 Å². The minimum Gasteiger partial charge on any atom is -0.355 e. The molecule has 2 amide bonds. The minimum atomic E-state index is -0.270. The van der Waals surface area contributed by atoms with Crippen molar-refractivity contribution in [1.29, 1.82) is 0 Å². The second-order valence-corrected chi connectivity index (χ2v) is 5.28. The summed E-state index contributed by atoms with van der Waals surface area (Å²) in [6.45, 7) is 4.54. The number of hydrogen-bond acceptors (Lipinski definition) is 4. The quantitative estimate of drug-likeness (QED) is 0.854. The number of hydrogen-bond donors (Lipinski definition) is 2. The zero-order chi connectivity index (χ0) is 12.4. The summed E-state index contributed by atoms with van der Waals surface area (Å²) in [5.74, 6) is -0.110. The molecule has 0 radical (unpaired) electrons. The molecule has 2 heterocycles. The number of rotatable bonds is 3. The highest BCUT2D eigenvalue weighted by molar-refractivity contribution is 7.13. The Balaban J connectivity index is 1.96. The molecule has 6 heteroatoms. The van der Waals surface area contributed by atoms with E-state index in [0.717, 1.165) is 5.69 Å². The summed E-state index contributed by atoms with van der Waals surface area (Å²) in [7, 11) is 0. The van der Waals surface area contributed by atoms with Gasteiger partial charge in [-0.15, -0.1) is 11.3 Å². The van der Waals surface area contributed by atoms with E-state index >= 15 is 0 Å². The second kappa shape index (κ2) is 4.83. The number of nitrogens with zero attached hydrogens (tertiary/aromatic N) is 1. The van der Waals surface area contributed by atoms with Crippen LogP contribution in [0.4, 0.5) is 5.13 Å². The molecule has 0 bridgehead atoms. The molecule has 0 spiro atoms. The van der Waals surface area contributed by atoms with Gasteiger partial charge in [-0.3, -0.25) is 9.59 Å². The monoisotopic (exact) mass is 253 g/mol.